The van der Waals surface area contributed by atoms with Gasteiger partial charge in [0.1, 0.15) is 23.3 Å². The highest BCUT2D eigenvalue weighted by Gasteiger charge is 2.14. The molecule has 0 saturated carbocycles. The highest BCUT2D eigenvalue weighted by molar-refractivity contribution is 7.98. The van der Waals surface area contributed by atoms with Gasteiger partial charge in [0.05, 0.1) is 5.03 Å². The van der Waals surface area contributed by atoms with Crippen molar-refractivity contribution in [2.75, 3.05) is 0 Å². The molecule has 1 N–H and O–H groups in total. The van der Waals surface area contributed by atoms with E-state index in [2.05, 4.69) is 4.98 Å². The van der Waals surface area contributed by atoms with E-state index in [1.165, 1.54) is 30.3 Å². The number of thioether (sulfide) groups is 1. The van der Waals surface area contributed by atoms with Crippen molar-refractivity contribution in [3.63, 3.8) is 0 Å². The maximum atomic E-state index is 13.9. The molecule has 3 rings (SSSR count). The number of aromatic amines is 1. The van der Waals surface area contributed by atoms with E-state index in [1.807, 2.05) is 6.07 Å². The Labute approximate surface area is 144 Å². The van der Waals surface area contributed by atoms with Crippen LogP contribution in [0.1, 0.15) is 11.1 Å². The number of hydrogen-bond donors (Lipinski definition) is 1. The smallest absolute Gasteiger partial charge is 0.267 e. The molecule has 3 nitrogen and oxygen atoms in total. The summed E-state index contributed by atoms with van der Waals surface area (Å²) in [6.45, 7) is 0. The lowest BCUT2D eigenvalue weighted by atomic mass is 10.1. The molecule has 24 heavy (non-hydrogen) atoms. The molecule has 0 saturated heterocycles. The van der Waals surface area contributed by atoms with Gasteiger partial charge in [-0.3, -0.25) is 4.79 Å². The van der Waals surface area contributed by atoms with Crippen LogP contribution in [0.15, 0.2) is 46.2 Å². The Morgan fingerprint density at radius 2 is 2.00 bits per heavy atom. The number of hydrogen-bond acceptors (Lipinski definition) is 3. The van der Waals surface area contributed by atoms with Crippen molar-refractivity contribution < 1.29 is 8.78 Å². The normalized spacial score (nSPS) is 10.8. The van der Waals surface area contributed by atoms with Crippen LogP contribution < -0.4 is 5.56 Å². The van der Waals surface area contributed by atoms with Gasteiger partial charge in [0.2, 0.25) is 0 Å². The highest BCUT2D eigenvalue weighted by atomic mass is 35.5. The summed E-state index contributed by atoms with van der Waals surface area (Å²) in [6, 6.07) is 9.99. The Balaban J connectivity index is 2.09. The largest absolute Gasteiger partial charge is 0.315 e. The third-order valence-electron chi connectivity index (χ3n) is 3.48. The molecule has 1 aromatic heterocycles. The third kappa shape index (κ3) is 3.01. The first-order valence-electron chi connectivity index (χ1n) is 6.82. The standard InChI is InChI=1S/C17H9ClF2N2OS/c18-14-2-1-3-15(20)13(14)8-24-17-11-6-9(19)4-5-10(11)12(7-21)16(23)22-17/h1-6H,8H2,(H,22,23). The van der Waals surface area contributed by atoms with Crippen LogP contribution in [-0.2, 0) is 5.75 Å². The summed E-state index contributed by atoms with van der Waals surface area (Å²) < 4.78 is 27.4. The summed E-state index contributed by atoms with van der Waals surface area (Å²) in [7, 11) is 0. The Hall–Kier alpha value is -2.36. The van der Waals surface area contributed by atoms with Gasteiger partial charge in [0, 0.05) is 27.1 Å². The molecule has 0 bridgehead atoms. The second-order valence-corrected chi connectivity index (χ2v) is 6.34. The van der Waals surface area contributed by atoms with E-state index in [1.54, 1.807) is 6.07 Å². The maximum Gasteiger partial charge on any atom is 0.267 e. The molecule has 3 aromatic rings. The molecule has 2 aromatic carbocycles. The van der Waals surface area contributed by atoms with Crippen molar-refractivity contribution in [1.29, 1.82) is 5.26 Å². The Kier molecular flexibility index (Phi) is 4.56. The molecular formula is C17H9ClF2N2OS. The molecular weight excluding hydrogens is 354 g/mol. The SMILES string of the molecule is N#Cc1c(=O)[nH]c(SCc2c(F)cccc2Cl)c2cc(F)ccc12. The summed E-state index contributed by atoms with van der Waals surface area (Å²) in [4.78, 5) is 14.6. The second-order valence-electron chi connectivity index (χ2n) is 4.95. The van der Waals surface area contributed by atoms with E-state index in [0.717, 1.165) is 11.8 Å². The molecule has 0 amide bonds. The molecule has 0 fully saturated rings. The highest BCUT2D eigenvalue weighted by Crippen LogP contribution is 2.32. The molecule has 0 aliphatic rings. The van der Waals surface area contributed by atoms with Gasteiger partial charge in [-0.1, -0.05) is 17.7 Å². The van der Waals surface area contributed by atoms with Gasteiger partial charge >= 0.3 is 0 Å². The average Bonchev–Trinajstić information content (AvgIpc) is 2.54. The molecule has 0 aliphatic heterocycles. The van der Waals surface area contributed by atoms with Crippen molar-refractivity contribution in [2.45, 2.75) is 10.8 Å². The number of nitrogens with one attached hydrogen (secondary N) is 1. The summed E-state index contributed by atoms with van der Waals surface area (Å²) >= 11 is 7.11. The maximum absolute atomic E-state index is 13.9. The number of rotatable bonds is 3. The van der Waals surface area contributed by atoms with E-state index in [4.69, 9.17) is 16.9 Å². The third-order valence-corrected chi connectivity index (χ3v) is 4.88. The Morgan fingerprint density at radius 1 is 1.21 bits per heavy atom. The van der Waals surface area contributed by atoms with Crippen LogP contribution in [0, 0.1) is 23.0 Å². The first-order chi connectivity index (χ1) is 11.5. The van der Waals surface area contributed by atoms with Crippen molar-refractivity contribution in [2.24, 2.45) is 0 Å². The number of pyridine rings is 1. The van der Waals surface area contributed by atoms with Gasteiger partial charge in [0.25, 0.3) is 5.56 Å². The molecule has 0 aliphatic carbocycles. The van der Waals surface area contributed by atoms with Gasteiger partial charge in [-0.05, 0) is 30.3 Å². The molecule has 1 heterocycles. The van der Waals surface area contributed by atoms with Crippen molar-refractivity contribution in [3.8, 4) is 6.07 Å². The molecule has 120 valence electrons. The van der Waals surface area contributed by atoms with E-state index in [0.29, 0.717) is 21.4 Å². The number of nitrogens with zero attached hydrogens (tertiary/aromatic N) is 1. The predicted molar refractivity (Wildman–Crippen MR) is 90.2 cm³/mol. The first kappa shape index (κ1) is 16.5. The average molecular weight is 363 g/mol. The number of H-pyrrole nitrogens is 1. The summed E-state index contributed by atoms with van der Waals surface area (Å²) in [5, 5.41) is 10.5. The van der Waals surface area contributed by atoms with E-state index in [-0.39, 0.29) is 16.3 Å². The lowest BCUT2D eigenvalue weighted by molar-refractivity contribution is 0.617. The lowest BCUT2D eigenvalue weighted by Gasteiger charge is -2.09. The van der Waals surface area contributed by atoms with Gasteiger partial charge < -0.3 is 4.98 Å². The van der Waals surface area contributed by atoms with Crippen LogP contribution in [0.25, 0.3) is 10.8 Å². The number of benzene rings is 2. The first-order valence-corrected chi connectivity index (χ1v) is 8.19. The van der Waals surface area contributed by atoms with Gasteiger partial charge in [0.15, 0.2) is 0 Å². The lowest BCUT2D eigenvalue weighted by Crippen LogP contribution is -2.12. The summed E-state index contributed by atoms with van der Waals surface area (Å²) in [5.74, 6) is -0.801. The minimum Gasteiger partial charge on any atom is -0.315 e. The van der Waals surface area contributed by atoms with Gasteiger partial charge in [-0.25, -0.2) is 8.78 Å². The number of aromatic nitrogens is 1. The van der Waals surface area contributed by atoms with Crippen LogP contribution in [0.5, 0.6) is 0 Å². The fourth-order valence-corrected chi connectivity index (χ4v) is 3.70. The molecule has 0 unspecified atom stereocenters. The monoisotopic (exact) mass is 362 g/mol. The molecule has 7 heteroatoms. The van der Waals surface area contributed by atoms with Gasteiger partial charge in [-0.2, -0.15) is 5.26 Å². The number of fused-ring (bicyclic) bond motifs is 1. The minimum absolute atomic E-state index is 0.0849. The van der Waals surface area contributed by atoms with Crippen LogP contribution >= 0.6 is 23.4 Å². The van der Waals surface area contributed by atoms with Crippen molar-refractivity contribution >= 4 is 34.1 Å². The zero-order chi connectivity index (χ0) is 17.3. The topological polar surface area (TPSA) is 56.6 Å². The van der Waals surface area contributed by atoms with Crippen LogP contribution in [-0.4, -0.2) is 4.98 Å². The van der Waals surface area contributed by atoms with Crippen molar-refractivity contribution in [3.05, 3.63) is 74.5 Å². The summed E-state index contributed by atoms with van der Waals surface area (Å²) in [6.07, 6.45) is 0. The van der Waals surface area contributed by atoms with Gasteiger partial charge in [-0.15, -0.1) is 11.8 Å². The molecule has 0 spiro atoms. The zero-order valence-electron chi connectivity index (χ0n) is 12.1. The van der Waals surface area contributed by atoms with E-state index >= 15 is 0 Å². The minimum atomic E-state index is -0.571. The Bertz CT molecular complexity index is 1020. The van der Waals surface area contributed by atoms with Crippen molar-refractivity contribution in [1.82, 2.24) is 4.98 Å². The zero-order valence-corrected chi connectivity index (χ0v) is 13.6. The van der Waals surface area contributed by atoms with Crippen LogP contribution in [0.2, 0.25) is 5.02 Å². The van der Waals surface area contributed by atoms with E-state index < -0.39 is 17.2 Å². The second kappa shape index (κ2) is 6.63. The van der Waals surface area contributed by atoms with E-state index in [9.17, 15) is 13.6 Å². The summed E-state index contributed by atoms with van der Waals surface area (Å²) in [5.41, 5.74) is -0.365. The fourth-order valence-electron chi connectivity index (χ4n) is 2.32. The quantitative estimate of drug-likeness (QED) is 0.691. The number of nitriles is 1. The van der Waals surface area contributed by atoms with Crippen LogP contribution in [0.3, 0.4) is 0 Å². The van der Waals surface area contributed by atoms with Crippen LogP contribution in [0.4, 0.5) is 8.78 Å². The molecule has 0 radical (unpaired) electrons. The molecule has 0 atom stereocenters. The number of halogens is 3. The predicted octanol–water partition coefficient (Wildman–Crippen LogP) is 4.62. The Morgan fingerprint density at radius 3 is 2.71 bits per heavy atom. The fraction of sp³-hybridized carbons (Fsp3) is 0.0588.